The Kier molecular flexibility index (Phi) is 4.94. The van der Waals surface area contributed by atoms with Crippen molar-refractivity contribution in [2.45, 2.75) is 26.3 Å². The molecule has 138 valence electrons. The fourth-order valence-corrected chi connectivity index (χ4v) is 3.26. The van der Waals surface area contributed by atoms with Crippen LogP contribution in [-0.2, 0) is 6.54 Å². The van der Waals surface area contributed by atoms with Crippen LogP contribution in [0.2, 0.25) is 0 Å². The van der Waals surface area contributed by atoms with Gasteiger partial charge >= 0.3 is 11.7 Å². The third kappa shape index (κ3) is 3.28. The normalized spacial score (nSPS) is 14.5. The molecule has 3 rings (SSSR count). The van der Waals surface area contributed by atoms with Gasteiger partial charge in [-0.05, 0) is 50.6 Å². The maximum absolute atomic E-state index is 13.1. The second-order valence-corrected chi connectivity index (χ2v) is 6.39. The monoisotopic (exact) mass is 359 g/mol. The van der Waals surface area contributed by atoms with E-state index < -0.39 is 17.2 Å². The van der Waals surface area contributed by atoms with Gasteiger partial charge in [0.15, 0.2) is 0 Å². The summed E-state index contributed by atoms with van der Waals surface area (Å²) in [4.78, 5) is 41.5. The van der Waals surface area contributed by atoms with Crippen molar-refractivity contribution >= 4 is 5.97 Å². The molecule has 0 saturated carbocycles. The molecule has 8 nitrogen and oxygen atoms in total. The highest BCUT2D eigenvalue weighted by Gasteiger charge is 2.24. The van der Waals surface area contributed by atoms with E-state index in [2.05, 4.69) is 4.98 Å². The molecular weight excluding hydrogens is 338 g/mol. The van der Waals surface area contributed by atoms with Crippen LogP contribution in [0.3, 0.4) is 0 Å². The van der Waals surface area contributed by atoms with Gasteiger partial charge in [-0.15, -0.1) is 0 Å². The quantitative estimate of drug-likeness (QED) is 0.829. The number of aromatic nitrogens is 2. The number of hydrogen-bond acceptors (Lipinski definition) is 5. The first kappa shape index (κ1) is 17.9. The lowest BCUT2D eigenvalue weighted by Crippen LogP contribution is -2.40. The Morgan fingerprint density at radius 3 is 2.58 bits per heavy atom. The Bertz CT molecular complexity index is 954. The number of nitrogens with zero attached hydrogens (tertiary/aromatic N) is 2. The lowest BCUT2D eigenvalue weighted by atomic mass is 10.1. The lowest BCUT2D eigenvalue weighted by molar-refractivity contribution is 0.0687. The number of nitrogens with one attached hydrogen (secondary N) is 1. The van der Waals surface area contributed by atoms with E-state index in [0.29, 0.717) is 11.4 Å². The minimum Gasteiger partial charge on any atom is -0.495 e. The Labute approximate surface area is 149 Å². The van der Waals surface area contributed by atoms with E-state index >= 15 is 0 Å². The molecule has 0 atom stereocenters. The van der Waals surface area contributed by atoms with Crippen molar-refractivity contribution in [3.63, 3.8) is 0 Å². The molecule has 0 unspecified atom stereocenters. The van der Waals surface area contributed by atoms with Crippen molar-refractivity contribution in [2.24, 2.45) is 0 Å². The van der Waals surface area contributed by atoms with Gasteiger partial charge < -0.3 is 14.8 Å². The second-order valence-electron chi connectivity index (χ2n) is 6.39. The summed E-state index contributed by atoms with van der Waals surface area (Å²) in [5.41, 5.74) is -0.588. The molecular formula is C18H21N3O5. The summed E-state index contributed by atoms with van der Waals surface area (Å²) >= 11 is 0. The van der Waals surface area contributed by atoms with Crippen LogP contribution in [0, 0.1) is 6.92 Å². The summed E-state index contributed by atoms with van der Waals surface area (Å²) < 4.78 is 6.22. The first-order valence-corrected chi connectivity index (χ1v) is 8.41. The smallest absolute Gasteiger partial charge is 0.352 e. The molecule has 2 N–H and O–H groups in total. The van der Waals surface area contributed by atoms with Gasteiger partial charge in [0.05, 0.1) is 18.4 Å². The van der Waals surface area contributed by atoms with Crippen LogP contribution in [-0.4, -0.2) is 45.7 Å². The maximum Gasteiger partial charge on any atom is 0.352 e. The maximum atomic E-state index is 13.1. The molecule has 1 aliphatic rings. The van der Waals surface area contributed by atoms with Crippen LogP contribution >= 0.6 is 0 Å². The van der Waals surface area contributed by atoms with Crippen LogP contribution < -0.4 is 16.0 Å². The summed E-state index contributed by atoms with van der Waals surface area (Å²) in [6.07, 6.45) is 2.01. The molecule has 0 bridgehead atoms. The van der Waals surface area contributed by atoms with Gasteiger partial charge in [-0.3, -0.25) is 9.69 Å². The molecule has 0 aliphatic carbocycles. The van der Waals surface area contributed by atoms with Crippen molar-refractivity contribution < 1.29 is 14.6 Å². The van der Waals surface area contributed by atoms with Gasteiger partial charge in [0.25, 0.3) is 5.56 Å². The summed E-state index contributed by atoms with van der Waals surface area (Å²) in [5, 5.41) is 9.43. The number of methoxy groups -OCH3 is 1. The number of carbonyl (C=O) groups is 1. The SMILES string of the molecule is COc1ccc(C)cc1-n1c(=O)[nH]c(C(=O)O)c(CN2CCCC2)c1=O. The van der Waals surface area contributed by atoms with E-state index in [1.165, 1.54) is 7.11 Å². The Morgan fingerprint density at radius 2 is 1.96 bits per heavy atom. The van der Waals surface area contributed by atoms with Gasteiger partial charge in [-0.2, -0.15) is 0 Å². The number of hydrogen-bond donors (Lipinski definition) is 2. The third-order valence-electron chi connectivity index (χ3n) is 4.57. The largest absolute Gasteiger partial charge is 0.495 e. The summed E-state index contributed by atoms with van der Waals surface area (Å²) in [6, 6.07) is 5.13. The highest BCUT2D eigenvalue weighted by atomic mass is 16.5. The zero-order valence-electron chi connectivity index (χ0n) is 14.7. The highest BCUT2D eigenvalue weighted by molar-refractivity contribution is 5.86. The molecule has 0 amide bonds. The predicted octanol–water partition coefficient (Wildman–Crippen LogP) is 1.14. The minimum absolute atomic E-state index is 0.0718. The molecule has 2 heterocycles. The van der Waals surface area contributed by atoms with Crippen molar-refractivity contribution in [3.05, 3.63) is 55.9 Å². The number of ether oxygens (including phenoxy) is 1. The Balaban J connectivity index is 2.24. The second kappa shape index (κ2) is 7.17. The first-order valence-electron chi connectivity index (χ1n) is 8.41. The molecule has 0 radical (unpaired) electrons. The van der Waals surface area contributed by atoms with E-state index in [9.17, 15) is 19.5 Å². The molecule has 1 fully saturated rings. The number of H-pyrrole nitrogens is 1. The number of aromatic amines is 1. The minimum atomic E-state index is -1.32. The molecule has 1 aromatic heterocycles. The van der Waals surface area contributed by atoms with E-state index in [4.69, 9.17) is 4.74 Å². The average Bonchev–Trinajstić information content (AvgIpc) is 3.10. The molecule has 1 aliphatic heterocycles. The molecule has 2 aromatic rings. The Morgan fingerprint density at radius 1 is 1.27 bits per heavy atom. The van der Waals surface area contributed by atoms with Crippen molar-refractivity contribution in [2.75, 3.05) is 20.2 Å². The van der Waals surface area contributed by atoms with Crippen molar-refractivity contribution in [1.29, 1.82) is 0 Å². The summed E-state index contributed by atoms with van der Waals surface area (Å²) in [5.74, 6) is -0.963. The van der Waals surface area contributed by atoms with Gasteiger partial charge in [-0.1, -0.05) is 6.07 Å². The molecule has 1 aromatic carbocycles. The van der Waals surface area contributed by atoms with Gasteiger partial charge in [0.2, 0.25) is 0 Å². The Hall–Kier alpha value is -2.87. The zero-order valence-corrected chi connectivity index (χ0v) is 14.7. The van der Waals surface area contributed by atoms with E-state index in [1.54, 1.807) is 18.2 Å². The van der Waals surface area contributed by atoms with Gasteiger partial charge in [0.1, 0.15) is 11.4 Å². The number of rotatable bonds is 5. The number of carboxylic acids is 1. The van der Waals surface area contributed by atoms with Crippen LogP contribution in [0.15, 0.2) is 27.8 Å². The molecule has 1 saturated heterocycles. The van der Waals surface area contributed by atoms with Crippen LogP contribution in [0.4, 0.5) is 0 Å². The summed E-state index contributed by atoms with van der Waals surface area (Å²) in [7, 11) is 1.45. The standard InChI is InChI=1S/C18H21N3O5/c1-11-5-6-14(26-2)13(9-11)21-16(22)12(10-20-7-3-4-8-20)15(17(23)24)19-18(21)25/h5-6,9H,3-4,7-8,10H2,1-2H3,(H,19,25)(H,23,24). The highest BCUT2D eigenvalue weighted by Crippen LogP contribution is 2.22. The van der Waals surface area contributed by atoms with E-state index in [1.807, 2.05) is 11.8 Å². The molecule has 0 spiro atoms. The van der Waals surface area contributed by atoms with E-state index in [-0.39, 0.29) is 17.8 Å². The zero-order chi connectivity index (χ0) is 18.8. The van der Waals surface area contributed by atoms with Gasteiger partial charge in [-0.25, -0.2) is 14.2 Å². The van der Waals surface area contributed by atoms with Crippen molar-refractivity contribution in [1.82, 2.24) is 14.5 Å². The fraction of sp³-hybridized carbons (Fsp3) is 0.389. The predicted molar refractivity (Wildman–Crippen MR) is 95.4 cm³/mol. The average molecular weight is 359 g/mol. The van der Waals surface area contributed by atoms with Crippen LogP contribution in [0.25, 0.3) is 5.69 Å². The van der Waals surface area contributed by atoms with E-state index in [0.717, 1.165) is 36.1 Å². The topological polar surface area (TPSA) is 105 Å². The third-order valence-corrected chi connectivity index (χ3v) is 4.57. The van der Waals surface area contributed by atoms with Crippen molar-refractivity contribution in [3.8, 4) is 11.4 Å². The number of likely N-dealkylation sites (tertiary alicyclic amines) is 1. The van der Waals surface area contributed by atoms with Crippen LogP contribution in [0.1, 0.15) is 34.5 Å². The lowest BCUT2D eigenvalue weighted by Gasteiger charge is -2.17. The van der Waals surface area contributed by atoms with Crippen LogP contribution in [0.5, 0.6) is 5.75 Å². The summed E-state index contributed by atoms with van der Waals surface area (Å²) in [6.45, 7) is 3.61. The molecule has 26 heavy (non-hydrogen) atoms. The number of carboxylic acid groups (broad SMARTS) is 1. The number of aryl methyl sites for hydroxylation is 1. The number of aromatic carboxylic acids is 1. The van der Waals surface area contributed by atoms with Gasteiger partial charge in [0, 0.05) is 6.54 Å². The first-order chi connectivity index (χ1) is 12.4. The molecule has 8 heteroatoms. The fourth-order valence-electron chi connectivity index (χ4n) is 3.26. The number of benzene rings is 1.